The molecule has 0 saturated heterocycles. The molecule has 0 radical (unpaired) electrons. The number of rotatable bonds is 6. The number of amides is 1. The van der Waals surface area contributed by atoms with Crippen LogP contribution in [0.15, 0.2) is 58.1 Å². The molecule has 0 spiro atoms. The van der Waals surface area contributed by atoms with Crippen molar-refractivity contribution in [2.45, 2.75) is 5.75 Å². The van der Waals surface area contributed by atoms with Gasteiger partial charge in [-0.2, -0.15) is 0 Å². The number of aromatic nitrogens is 1. The highest BCUT2D eigenvalue weighted by molar-refractivity contribution is 8.03. The lowest BCUT2D eigenvalue weighted by Crippen LogP contribution is -2.12. The van der Waals surface area contributed by atoms with Crippen LogP contribution in [-0.4, -0.2) is 18.0 Å². The molecule has 0 aliphatic heterocycles. The van der Waals surface area contributed by atoms with Crippen LogP contribution in [-0.2, 0) is 10.5 Å². The predicted molar refractivity (Wildman–Crippen MR) is 95.9 cm³/mol. The first kappa shape index (κ1) is 17.7. The van der Waals surface area contributed by atoms with Crippen LogP contribution in [0, 0.1) is 0 Å². The van der Waals surface area contributed by atoms with Gasteiger partial charge in [0.25, 0.3) is 5.91 Å². The Morgan fingerprint density at radius 3 is 2.57 bits per heavy atom. The van der Waals surface area contributed by atoms with Crippen molar-refractivity contribution in [3.05, 3.63) is 63.6 Å². The number of ether oxygens (including phenoxy) is 1. The molecule has 1 N–H and O–H groups in total. The zero-order valence-electron chi connectivity index (χ0n) is 12.3. The minimum absolute atomic E-state index is 0.0524. The maximum absolute atomic E-state index is 12.1. The third-order valence-corrected chi connectivity index (χ3v) is 4.80. The summed E-state index contributed by atoms with van der Waals surface area (Å²) in [6, 6.07) is 13.1. The van der Waals surface area contributed by atoms with E-state index in [1.807, 2.05) is 30.3 Å². The summed E-state index contributed by atoms with van der Waals surface area (Å²) >= 11 is 13.4. The third kappa shape index (κ3) is 5.46. The van der Waals surface area contributed by atoms with Crippen molar-refractivity contribution in [2.75, 3.05) is 12.4 Å². The van der Waals surface area contributed by atoms with E-state index in [4.69, 9.17) is 27.9 Å². The molecule has 2 rings (SSSR count). The summed E-state index contributed by atoms with van der Waals surface area (Å²) in [5.74, 6) is 0.609. The Morgan fingerprint density at radius 1 is 1.22 bits per heavy atom. The number of halogens is 2. The van der Waals surface area contributed by atoms with Crippen molar-refractivity contribution >= 4 is 46.6 Å². The van der Waals surface area contributed by atoms with E-state index in [-0.39, 0.29) is 9.40 Å². The Bertz CT molecular complexity index is 691. The maximum Gasteiger partial charge on any atom is 0.269 e. The van der Waals surface area contributed by atoms with Gasteiger partial charge >= 0.3 is 0 Å². The first-order chi connectivity index (χ1) is 11.1. The number of anilines is 1. The molecule has 1 heterocycles. The normalized spacial score (nSPS) is 11.6. The molecule has 23 heavy (non-hydrogen) atoms. The van der Waals surface area contributed by atoms with Crippen LogP contribution < -0.4 is 10.1 Å². The van der Waals surface area contributed by atoms with E-state index in [2.05, 4.69) is 10.3 Å². The van der Waals surface area contributed by atoms with Gasteiger partial charge in [-0.15, -0.1) is 11.8 Å². The summed E-state index contributed by atoms with van der Waals surface area (Å²) < 4.78 is 5.20. The zero-order chi connectivity index (χ0) is 16.7. The lowest BCUT2D eigenvalue weighted by atomic mass is 10.2. The fraction of sp³-hybridized carbons (Fsp3) is 0.125. The lowest BCUT2D eigenvalue weighted by Gasteiger charge is -2.07. The highest BCUT2D eigenvalue weighted by Crippen LogP contribution is 2.30. The maximum atomic E-state index is 12.1. The lowest BCUT2D eigenvalue weighted by molar-refractivity contribution is -0.112. The van der Waals surface area contributed by atoms with E-state index in [9.17, 15) is 4.79 Å². The second-order valence-electron chi connectivity index (χ2n) is 4.41. The number of pyridine rings is 1. The van der Waals surface area contributed by atoms with E-state index in [1.54, 1.807) is 12.1 Å². The number of carbonyl (C=O) groups is 1. The average molecular weight is 369 g/mol. The number of methoxy groups -OCH3 is 1. The minimum Gasteiger partial charge on any atom is -0.481 e. The minimum atomic E-state index is -0.482. The van der Waals surface area contributed by atoms with Crippen molar-refractivity contribution in [1.82, 2.24) is 4.98 Å². The van der Waals surface area contributed by atoms with Gasteiger partial charge in [-0.1, -0.05) is 53.5 Å². The summed E-state index contributed by atoms with van der Waals surface area (Å²) in [5.41, 5.74) is 1.60. The number of thioether (sulfide) groups is 1. The van der Waals surface area contributed by atoms with Gasteiger partial charge in [0.05, 0.1) is 23.4 Å². The Balaban J connectivity index is 1.96. The SMILES string of the molecule is COc1ccc(NC(=O)/C(Cl)=C(/Cl)SCc2ccccc2)cn1. The van der Waals surface area contributed by atoms with Crippen molar-refractivity contribution in [1.29, 1.82) is 0 Å². The van der Waals surface area contributed by atoms with E-state index in [1.165, 1.54) is 25.1 Å². The molecular weight excluding hydrogens is 355 g/mol. The fourth-order valence-corrected chi connectivity index (χ4v) is 2.80. The van der Waals surface area contributed by atoms with Gasteiger partial charge in [0.15, 0.2) is 0 Å². The Kier molecular flexibility index (Phi) is 6.77. The van der Waals surface area contributed by atoms with Crippen LogP contribution in [0.4, 0.5) is 5.69 Å². The van der Waals surface area contributed by atoms with Gasteiger partial charge in [0.1, 0.15) is 5.03 Å². The highest BCUT2D eigenvalue weighted by atomic mass is 35.5. The number of benzene rings is 1. The fourth-order valence-electron chi connectivity index (χ4n) is 1.63. The van der Waals surface area contributed by atoms with Crippen LogP contribution in [0.2, 0.25) is 0 Å². The molecule has 120 valence electrons. The molecule has 0 aliphatic rings. The van der Waals surface area contributed by atoms with E-state index in [0.29, 0.717) is 17.3 Å². The molecule has 1 aromatic heterocycles. The molecule has 0 fully saturated rings. The number of carbonyl (C=O) groups excluding carboxylic acids is 1. The first-order valence-corrected chi connectivity index (χ1v) is 8.37. The second-order valence-corrected chi connectivity index (χ2v) is 6.37. The predicted octanol–water partition coefficient (Wildman–Crippen LogP) is 4.61. The standard InChI is InChI=1S/C16H14Cl2N2O2S/c1-22-13-8-7-12(9-19-13)20-16(21)14(17)15(18)23-10-11-5-3-2-4-6-11/h2-9H,10H2,1H3,(H,20,21)/b15-14+. The van der Waals surface area contributed by atoms with Crippen LogP contribution >= 0.6 is 35.0 Å². The summed E-state index contributed by atoms with van der Waals surface area (Å²) in [4.78, 5) is 16.1. The summed E-state index contributed by atoms with van der Waals surface area (Å²) in [7, 11) is 1.52. The molecule has 0 atom stereocenters. The average Bonchev–Trinajstić information content (AvgIpc) is 2.60. The molecule has 0 unspecified atom stereocenters. The number of hydrogen-bond donors (Lipinski definition) is 1. The Hall–Kier alpha value is -1.69. The van der Waals surface area contributed by atoms with Crippen LogP contribution in [0.1, 0.15) is 5.56 Å². The summed E-state index contributed by atoms with van der Waals surface area (Å²) in [6.07, 6.45) is 1.48. The molecule has 2 aromatic rings. The quantitative estimate of drug-likeness (QED) is 0.756. The molecule has 0 saturated carbocycles. The second kappa shape index (κ2) is 8.82. The molecule has 4 nitrogen and oxygen atoms in total. The smallest absolute Gasteiger partial charge is 0.269 e. The summed E-state index contributed by atoms with van der Waals surface area (Å²) in [5, 5.41) is 2.58. The van der Waals surface area contributed by atoms with Gasteiger partial charge in [-0.25, -0.2) is 4.98 Å². The van der Waals surface area contributed by atoms with Gasteiger partial charge in [0.2, 0.25) is 5.88 Å². The Morgan fingerprint density at radius 2 is 1.96 bits per heavy atom. The molecule has 0 bridgehead atoms. The van der Waals surface area contributed by atoms with Gasteiger partial charge in [-0.3, -0.25) is 4.79 Å². The Labute approximate surface area is 148 Å². The number of nitrogens with zero attached hydrogens (tertiary/aromatic N) is 1. The van der Waals surface area contributed by atoms with Gasteiger partial charge in [-0.05, 0) is 11.6 Å². The number of hydrogen-bond acceptors (Lipinski definition) is 4. The largest absolute Gasteiger partial charge is 0.481 e. The number of nitrogens with one attached hydrogen (secondary N) is 1. The molecular formula is C16H14Cl2N2O2S. The molecule has 1 amide bonds. The van der Waals surface area contributed by atoms with Crippen LogP contribution in [0.25, 0.3) is 0 Å². The monoisotopic (exact) mass is 368 g/mol. The third-order valence-electron chi connectivity index (χ3n) is 2.78. The van der Waals surface area contributed by atoms with E-state index < -0.39 is 5.91 Å². The zero-order valence-corrected chi connectivity index (χ0v) is 14.6. The van der Waals surface area contributed by atoms with Crippen molar-refractivity contribution in [3.63, 3.8) is 0 Å². The van der Waals surface area contributed by atoms with Gasteiger partial charge in [0, 0.05) is 11.8 Å². The molecule has 0 aliphatic carbocycles. The van der Waals surface area contributed by atoms with Crippen molar-refractivity contribution < 1.29 is 9.53 Å². The topological polar surface area (TPSA) is 51.2 Å². The van der Waals surface area contributed by atoms with Crippen molar-refractivity contribution in [2.24, 2.45) is 0 Å². The molecule has 7 heteroatoms. The van der Waals surface area contributed by atoms with Gasteiger partial charge < -0.3 is 10.1 Å². The first-order valence-electron chi connectivity index (χ1n) is 6.63. The van der Waals surface area contributed by atoms with Crippen LogP contribution in [0.3, 0.4) is 0 Å². The summed E-state index contributed by atoms with van der Waals surface area (Å²) in [6.45, 7) is 0. The van der Waals surface area contributed by atoms with Crippen LogP contribution in [0.5, 0.6) is 5.88 Å². The highest BCUT2D eigenvalue weighted by Gasteiger charge is 2.13. The van der Waals surface area contributed by atoms with Crippen molar-refractivity contribution in [3.8, 4) is 5.88 Å². The van der Waals surface area contributed by atoms with E-state index >= 15 is 0 Å². The molecule has 1 aromatic carbocycles. The van der Waals surface area contributed by atoms with E-state index in [0.717, 1.165) is 5.56 Å².